The topological polar surface area (TPSA) is 91.6 Å². The lowest BCUT2D eigenvalue weighted by Crippen LogP contribution is -2.61. The molecule has 3 rings (SSSR count). The van der Waals surface area contributed by atoms with E-state index < -0.39 is 6.04 Å². The molecule has 1 unspecified atom stereocenters. The van der Waals surface area contributed by atoms with Crippen LogP contribution < -0.4 is 5.32 Å². The van der Waals surface area contributed by atoms with Crippen LogP contribution in [-0.2, 0) is 17.8 Å². The molecule has 1 fully saturated rings. The van der Waals surface area contributed by atoms with Gasteiger partial charge in [-0.25, -0.2) is 4.79 Å². The van der Waals surface area contributed by atoms with E-state index in [-0.39, 0.29) is 18.4 Å². The number of aryl methyl sites for hydroxylation is 1. The molecule has 144 valence electrons. The number of rotatable bonds is 6. The predicted molar refractivity (Wildman–Crippen MR) is 98.8 cm³/mol. The van der Waals surface area contributed by atoms with Crippen LogP contribution in [0.25, 0.3) is 0 Å². The second-order valence-electron chi connectivity index (χ2n) is 6.63. The molecule has 1 saturated heterocycles. The third-order valence-electron chi connectivity index (χ3n) is 4.52. The minimum Gasteiger partial charge on any atom is -0.339 e. The number of piperazine rings is 1. The Bertz CT molecular complexity index is 777. The van der Waals surface area contributed by atoms with Gasteiger partial charge in [-0.15, -0.1) is 0 Å². The average molecular weight is 371 g/mol. The molecule has 0 aliphatic carbocycles. The minimum absolute atomic E-state index is 0.104. The van der Waals surface area contributed by atoms with Crippen LogP contribution in [0.3, 0.4) is 0 Å². The van der Waals surface area contributed by atoms with Crippen molar-refractivity contribution in [2.45, 2.75) is 39.3 Å². The highest BCUT2D eigenvalue weighted by Gasteiger charge is 2.38. The maximum Gasteiger partial charge on any atom is 0.318 e. The number of nitrogens with zero attached hydrogens (tertiary/aromatic N) is 4. The summed E-state index contributed by atoms with van der Waals surface area (Å²) in [5, 5.41) is 6.64. The van der Waals surface area contributed by atoms with Crippen LogP contribution in [0.15, 0.2) is 34.9 Å². The first-order valence-corrected chi connectivity index (χ1v) is 9.25. The summed E-state index contributed by atoms with van der Waals surface area (Å²) in [5.74, 6) is 0.768. The van der Waals surface area contributed by atoms with Crippen LogP contribution in [0.4, 0.5) is 4.79 Å². The van der Waals surface area contributed by atoms with Gasteiger partial charge in [0.05, 0.1) is 6.42 Å². The number of hydrogen-bond acceptors (Lipinski definition) is 5. The molecule has 0 bridgehead atoms. The van der Waals surface area contributed by atoms with E-state index in [2.05, 4.69) is 15.5 Å². The van der Waals surface area contributed by atoms with Crippen LogP contribution in [0.5, 0.6) is 0 Å². The molecule has 0 radical (unpaired) electrons. The number of urea groups is 1. The number of aromatic nitrogens is 2. The molecular formula is C19H25N5O3. The summed E-state index contributed by atoms with van der Waals surface area (Å²) in [6.45, 7) is 5.76. The first kappa shape index (κ1) is 18.9. The Balaban J connectivity index is 1.77. The van der Waals surface area contributed by atoms with Gasteiger partial charge in [0.2, 0.25) is 11.8 Å². The van der Waals surface area contributed by atoms with E-state index in [4.69, 9.17) is 4.52 Å². The van der Waals surface area contributed by atoms with Crippen LogP contribution in [0.2, 0.25) is 0 Å². The molecule has 1 aromatic carbocycles. The van der Waals surface area contributed by atoms with E-state index in [1.54, 1.807) is 16.7 Å². The van der Waals surface area contributed by atoms with Crippen molar-refractivity contribution in [2.75, 3.05) is 19.6 Å². The monoisotopic (exact) mass is 371 g/mol. The van der Waals surface area contributed by atoms with Crippen molar-refractivity contribution in [3.05, 3.63) is 47.6 Å². The third kappa shape index (κ3) is 4.64. The molecule has 27 heavy (non-hydrogen) atoms. The number of carbonyl (C=O) groups is 2. The van der Waals surface area contributed by atoms with Crippen molar-refractivity contribution < 1.29 is 14.1 Å². The van der Waals surface area contributed by atoms with E-state index in [0.717, 1.165) is 12.0 Å². The molecule has 1 atom stereocenters. The van der Waals surface area contributed by atoms with Gasteiger partial charge in [0.25, 0.3) is 0 Å². The maximum absolute atomic E-state index is 13.1. The fourth-order valence-corrected chi connectivity index (χ4v) is 3.16. The maximum atomic E-state index is 13.1. The quantitative estimate of drug-likeness (QED) is 0.835. The Kier molecular flexibility index (Phi) is 6.05. The molecule has 1 N–H and O–H groups in total. The fraction of sp³-hybridized carbons (Fsp3) is 0.474. The van der Waals surface area contributed by atoms with Crippen molar-refractivity contribution in [3.63, 3.8) is 0 Å². The summed E-state index contributed by atoms with van der Waals surface area (Å²) >= 11 is 0. The summed E-state index contributed by atoms with van der Waals surface area (Å²) in [7, 11) is 0. The number of carbonyl (C=O) groups excluding carboxylic acids is 2. The highest BCUT2D eigenvalue weighted by Crippen LogP contribution is 2.18. The molecule has 8 heteroatoms. The van der Waals surface area contributed by atoms with Gasteiger partial charge in [-0.1, -0.05) is 42.4 Å². The van der Waals surface area contributed by atoms with E-state index in [0.29, 0.717) is 37.9 Å². The van der Waals surface area contributed by atoms with Crippen molar-refractivity contribution in [1.29, 1.82) is 0 Å². The molecule has 1 aliphatic heterocycles. The molecule has 3 amide bonds. The summed E-state index contributed by atoms with van der Waals surface area (Å²) in [5.41, 5.74) is 1.06. The number of hydrogen-bond donors (Lipinski definition) is 1. The van der Waals surface area contributed by atoms with Crippen LogP contribution in [0.1, 0.15) is 30.6 Å². The Morgan fingerprint density at radius 3 is 2.74 bits per heavy atom. The number of nitrogens with one attached hydrogen (secondary N) is 1. The smallest absolute Gasteiger partial charge is 0.318 e. The van der Waals surface area contributed by atoms with Gasteiger partial charge in [0.15, 0.2) is 5.82 Å². The predicted octanol–water partition coefficient (Wildman–Crippen LogP) is 1.75. The highest BCUT2D eigenvalue weighted by atomic mass is 16.5. The lowest BCUT2D eigenvalue weighted by Gasteiger charge is -2.40. The lowest BCUT2D eigenvalue weighted by atomic mass is 10.1. The second-order valence-corrected chi connectivity index (χ2v) is 6.63. The first-order valence-electron chi connectivity index (χ1n) is 9.25. The first-order chi connectivity index (χ1) is 13.1. The van der Waals surface area contributed by atoms with E-state index in [1.165, 1.54) is 0 Å². The summed E-state index contributed by atoms with van der Waals surface area (Å²) in [6.07, 6.45) is 1.05. The van der Waals surface area contributed by atoms with E-state index in [1.807, 2.05) is 37.3 Å². The molecule has 1 aliphatic rings. The Hall–Kier alpha value is -2.90. The summed E-state index contributed by atoms with van der Waals surface area (Å²) < 4.78 is 5.19. The second kappa shape index (κ2) is 8.66. The number of benzene rings is 1. The molecule has 2 aromatic rings. The average Bonchev–Trinajstić information content (AvgIpc) is 3.09. The molecule has 0 spiro atoms. The Labute approximate surface area is 158 Å². The lowest BCUT2D eigenvalue weighted by molar-refractivity contribution is -0.140. The van der Waals surface area contributed by atoms with Crippen LogP contribution in [-0.4, -0.2) is 57.6 Å². The van der Waals surface area contributed by atoms with Gasteiger partial charge in [-0.05, 0) is 18.9 Å². The Morgan fingerprint density at radius 2 is 2.07 bits per heavy atom. The highest BCUT2D eigenvalue weighted by molar-refractivity contribution is 5.88. The van der Waals surface area contributed by atoms with Gasteiger partial charge < -0.3 is 19.6 Å². The molecule has 0 saturated carbocycles. The van der Waals surface area contributed by atoms with Crippen molar-refractivity contribution in [3.8, 4) is 0 Å². The van der Waals surface area contributed by atoms with Crippen molar-refractivity contribution in [2.24, 2.45) is 0 Å². The van der Waals surface area contributed by atoms with Gasteiger partial charge in [0, 0.05) is 26.2 Å². The molecule has 8 nitrogen and oxygen atoms in total. The van der Waals surface area contributed by atoms with Gasteiger partial charge >= 0.3 is 6.03 Å². The Morgan fingerprint density at radius 1 is 1.30 bits per heavy atom. The summed E-state index contributed by atoms with van der Waals surface area (Å²) in [4.78, 5) is 33.3. The minimum atomic E-state index is -0.654. The summed E-state index contributed by atoms with van der Waals surface area (Å²) in [6, 6.07) is 8.94. The normalized spacial score (nSPS) is 17.3. The van der Waals surface area contributed by atoms with Crippen LogP contribution in [0, 0.1) is 6.92 Å². The zero-order valence-corrected chi connectivity index (χ0v) is 15.7. The number of amides is 3. The molecular weight excluding hydrogens is 346 g/mol. The van der Waals surface area contributed by atoms with E-state index >= 15 is 0 Å². The largest absolute Gasteiger partial charge is 0.339 e. The molecule has 1 aromatic heterocycles. The SMILES string of the molecule is CCCNC(=O)N1CCN(Cc2ccccc2)C(=O)C1Cc1nc(C)no1. The van der Waals surface area contributed by atoms with Gasteiger partial charge in [0.1, 0.15) is 6.04 Å². The van der Waals surface area contributed by atoms with Crippen molar-refractivity contribution >= 4 is 11.9 Å². The standard InChI is InChI=1S/C19H25N5O3/c1-3-9-20-19(26)24-11-10-23(13-15-7-5-4-6-8-15)18(25)16(24)12-17-21-14(2)22-27-17/h4-8,16H,3,9-13H2,1-2H3,(H,20,26). The van der Waals surface area contributed by atoms with Crippen LogP contribution >= 0.6 is 0 Å². The fourth-order valence-electron chi connectivity index (χ4n) is 3.16. The third-order valence-corrected chi connectivity index (χ3v) is 4.52. The van der Waals surface area contributed by atoms with Crippen molar-refractivity contribution in [1.82, 2.24) is 25.3 Å². The van der Waals surface area contributed by atoms with E-state index in [9.17, 15) is 9.59 Å². The van der Waals surface area contributed by atoms with Gasteiger partial charge in [-0.3, -0.25) is 4.79 Å². The molecule has 2 heterocycles. The van der Waals surface area contributed by atoms with Gasteiger partial charge in [-0.2, -0.15) is 4.98 Å². The zero-order chi connectivity index (χ0) is 19.2. The zero-order valence-electron chi connectivity index (χ0n) is 15.7.